The highest BCUT2D eigenvalue weighted by Crippen LogP contribution is 2.58. The summed E-state index contributed by atoms with van der Waals surface area (Å²) in [5.74, 6) is 0.476. The van der Waals surface area contributed by atoms with Crippen LogP contribution in [0.15, 0.2) is 12.2 Å². The van der Waals surface area contributed by atoms with Crippen LogP contribution in [0.5, 0.6) is 0 Å². The van der Waals surface area contributed by atoms with Crippen LogP contribution in [0.25, 0.3) is 0 Å². The van der Waals surface area contributed by atoms with E-state index in [-0.39, 0.29) is 17.7 Å². The topological polar surface area (TPSA) is 71.1 Å². The van der Waals surface area contributed by atoms with Crippen molar-refractivity contribution in [2.75, 3.05) is 6.61 Å². The largest absolute Gasteiger partial charge is 0.458 e. The molecule has 4 unspecified atom stereocenters. The SMILES string of the molecule is C=C(C)C(=O)OC1C2CC3CC1CC(OC(C)C(=O)OC(C)OCC)(C3)C2. The van der Waals surface area contributed by atoms with Crippen molar-refractivity contribution < 1.29 is 28.5 Å². The summed E-state index contributed by atoms with van der Waals surface area (Å²) in [5.41, 5.74) is 0.130. The van der Waals surface area contributed by atoms with Crippen molar-refractivity contribution in [1.82, 2.24) is 0 Å². The van der Waals surface area contributed by atoms with E-state index in [9.17, 15) is 9.59 Å². The molecule has 0 aromatic rings. The molecular formula is C21H32O6. The minimum absolute atomic E-state index is 0.0530. The van der Waals surface area contributed by atoms with Gasteiger partial charge in [-0.2, -0.15) is 0 Å². The quantitative estimate of drug-likeness (QED) is 0.365. The Hall–Kier alpha value is -1.40. The van der Waals surface area contributed by atoms with Crippen LogP contribution >= 0.6 is 0 Å². The molecule has 0 amide bonds. The number of hydrogen-bond donors (Lipinski definition) is 0. The smallest absolute Gasteiger partial charge is 0.337 e. The molecule has 4 rings (SSSR count). The van der Waals surface area contributed by atoms with E-state index in [1.807, 2.05) is 6.92 Å². The zero-order chi connectivity index (χ0) is 19.8. The number of esters is 2. The van der Waals surface area contributed by atoms with Gasteiger partial charge in [0.15, 0.2) is 12.4 Å². The molecule has 152 valence electrons. The van der Waals surface area contributed by atoms with Crippen molar-refractivity contribution in [2.24, 2.45) is 17.8 Å². The summed E-state index contributed by atoms with van der Waals surface area (Å²) >= 11 is 0. The Labute approximate surface area is 161 Å². The van der Waals surface area contributed by atoms with E-state index in [0.29, 0.717) is 29.9 Å². The van der Waals surface area contributed by atoms with Gasteiger partial charge in [-0.1, -0.05) is 6.58 Å². The van der Waals surface area contributed by atoms with Gasteiger partial charge in [0.25, 0.3) is 0 Å². The normalized spacial score (nSPS) is 36.1. The molecule has 4 saturated carbocycles. The molecule has 0 aliphatic heterocycles. The Bertz CT molecular complexity index is 583. The number of hydrogen-bond acceptors (Lipinski definition) is 6. The van der Waals surface area contributed by atoms with Crippen LogP contribution in [-0.4, -0.2) is 42.6 Å². The molecule has 0 aromatic heterocycles. The first-order valence-corrected chi connectivity index (χ1v) is 10.1. The molecule has 0 aromatic carbocycles. The summed E-state index contributed by atoms with van der Waals surface area (Å²) in [7, 11) is 0. The predicted molar refractivity (Wildman–Crippen MR) is 98.7 cm³/mol. The van der Waals surface area contributed by atoms with E-state index in [0.717, 1.165) is 32.1 Å². The lowest BCUT2D eigenvalue weighted by Gasteiger charge is -2.59. The molecular weight excluding hydrogens is 348 g/mol. The lowest BCUT2D eigenvalue weighted by Crippen LogP contribution is -2.60. The second-order valence-electron chi connectivity index (χ2n) is 8.52. The van der Waals surface area contributed by atoms with Crippen molar-refractivity contribution >= 4 is 11.9 Å². The zero-order valence-electron chi connectivity index (χ0n) is 16.9. The summed E-state index contributed by atoms with van der Waals surface area (Å²) in [6.45, 7) is 11.2. The third-order valence-corrected chi connectivity index (χ3v) is 6.16. The van der Waals surface area contributed by atoms with Crippen molar-refractivity contribution in [1.29, 1.82) is 0 Å². The van der Waals surface area contributed by atoms with Crippen LogP contribution in [-0.2, 0) is 28.5 Å². The Morgan fingerprint density at radius 1 is 1.15 bits per heavy atom. The first-order chi connectivity index (χ1) is 12.7. The van der Waals surface area contributed by atoms with E-state index in [4.69, 9.17) is 18.9 Å². The summed E-state index contributed by atoms with van der Waals surface area (Å²) in [6, 6.07) is 0. The van der Waals surface area contributed by atoms with E-state index in [1.165, 1.54) is 0 Å². The van der Waals surface area contributed by atoms with Gasteiger partial charge in [0.1, 0.15) is 6.10 Å². The molecule has 6 nitrogen and oxygen atoms in total. The zero-order valence-corrected chi connectivity index (χ0v) is 16.9. The second kappa shape index (κ2) is 7.92. The Morgan fingerprint density at radius 2 is 1.78 bits per heavy atom. The van der Waals surface area contributed by atoms with Gasteiger partial charge in [0, 0.05) is 12.2 Å². The molecule has 0 N–H and O–H groups in total. The summed E-state index contributed by atoms with van der Waals surface area (Å²) in [4.78, 5) is 24.3. The van der Waals surface area contributed by atoms with E-state index in [1.54, 1.807) is 20.8 Å². The van der Waals surface area contributed by atoms with Gasteiger partial charge >= 0.3 is 11.9 Å². The van der Waals surface area contributed by atoms with Crippen LogP contribution in [0.2, 0.25) is 0 Å². The van der Waals surface area contributed by atoms with Crippen molar-refractivity contribution in [2.45, 2.75) is 83.9 Å². The number of rotatable bonds is 8. The van der Waals surface area contributed by atoms with Gasteiger partial charge in [-0.05, 0) is 77.6 Å². The molecule has 4 aliphatic carbocycles. The second-order valence-corrected chi connectivity index (χ2v) is 8.52. The van der Waals surface area contributed by atoms with Gasteiger partial charge in [0.2, 0.25) is 0 Å². The van der Waals surface area contributed by atoms with Crippen molar-refractivity contribution in [3.8, 4) is 0 Å². The monoisotopic (exact) mass is 380 g/mol. The fourth-order valence-corrected chi connectivity index (χ4v) is 5.42. The predicted octanol–water partition coefficient (Wildman–Crippen LogP) is 3.38. The molecule has 4 aliphatic rings. The minimum atomic E-state index is -0.638. The fourth-order valence-electron chi connectivity index (χ4n) is 5.42. The minimum Gasteiger partial charge on any atom is -0.458 e. The van der Waals surface area contributed by atoms with Gasteiger partial charge in [-0.25, -0.2) is 9.59 Å². The van der Waals surface area contributed by atoms with Crippen LogP contribution < -0.4 is 0 Å². The third-order valence-electron chi connectivity index (χ3n) is 6.16. The first-order valence-electron chi connectivity index (χ1n) is 10.1. The summed E-state index contributed by atoms with van der Waals surface area (Å²) in [6.07, 6.45) is 3.49. The summed E-state index contributed by atoms with van der Waals surface area (Å²) < 4.78 is 22.6. The Morgan fingerprint density at radius 3 is 2.33 bits per heavy atom. The molecule has 0 radical (unpaired) electrons. The van der Waals surface area contributed by atoms with Crippen LogP contribution in [0.4, 0.5) is 0 Å². The lowest BCUT2D eigenvalue weighted by molar-refractivity contribution is -0.233. The fraction of sp³-hybridized carbons (Fsp3) is 0.810. The van der Waals surface area contributed by atoms with Crippen molar-refractivity contribution in [3.05, 3.63) is 12.2 Å². The maximum atomic E-state index is 12.3. The number of carbonyl (C=O) groups is 2. The van der Waals surface area contributed by atoms with Crippen LogP contribution in [0, 0.1) is 17.8 Å². The molecule has 0 saturated heterocycles. The van der Waals surface area contributed by atoms with E-state index >= 15 is 0 Å². The van der Waals surface area contributed by atoms with Gasteiger partial charge in [-0.3, -0.25) is 0 Å². The maximum absolute atomic E-state index is 12.3. The van der Waals surface area contributed by atoms with Gasteiger partial charge in [-0.15, -0.1) is 0 Å². The van der Waals surface area contributed by atoms with Crippen LogP contribution in [0.3, 0.4) is 0 Å². The molecule has 4 fully saturated rings. The third kappa shape index (κ3) is 4.37. The van der Waals surface area contributed by atoms with Crippen LogP contribution in [0.1, 0.15) is 59.8 Å². The Kier molecular flexibility index (Phi) is 5.96. The molecule has 0 spiro atoms. The maximum Gasteiger partial charge on any atom is 0.337 e. The van der Waals surface area contributed by atoms with Crippen molar-refractivity contribution in [3.63, 3.8) is 0 Å². The van der Waals surface area contributed by atoms with E-state index < -0.39 is 18.4 Å². The molecule has 4 atom stereocenters. The summed E-state index contributed by atoms with van der Waals surface area (Å²) in [5, 5.41) is 0. The average molecular weight is 380 g/mol. The highest BCUT2D eigenvalue weighted by molar-refractivity contribution is 5.87. The average Bonchev–Trinajstić information content (AvgIpc) is 2.56. The molecule has 0 heterocycles. The first kappa shape index (κ1) is 20.3. The Balaban J connectivity index is 1.62. The van der Waals surface area contributed by atoms with Gasteiger partial charge in [0.05, 0.1) is 5.60 Å². The van der Waals surface area contributed by atoms with Gasteiger partial charge < -0.3 is 18.9 Å². The highest BCUT2D eigenvalue weighted by atomic mass is 16.7. The highest BCUT2D eigenvalue weighted by Gasteiger charge is 2.58. The number of ether oxygens (including phenoxy) is 4. The molecule has 4 bridgehead atoms. The molecule has 27 heavy (non-hydrogen) atoms. The van der Waals surface area contributed by atoms with E-state index in [2.05, 4.69) is 6.58 Å². The number of carbonyl (C=O) groups excluding carboxylic acids is 2. The lowest BCUT2D eigenvalue weighted by atomic mass is 9.53. The standard InChI is InChI=1S/C21H32O6/c1-6-24-14(5)25-20(23)13(4)27-21-9-15-7-16(10-21)18(17(8-15)11-21)26-19(22)12(2)3/h13-18H,2,6-11H2,1,3-5H3. The molecule has 6 heteroatoms.